The third kappa shape index (κ3) is 2.66. The van der Waals surface area contributed by atoms with E-state index in [1.807, 2.05) is 55.5 Å². The maximum atomic E-state index is 9.67. The van der Waals surface area contributed by atoms with Crippen LogP contribution < -0.4 is 4.74 Å². The Hall–Kier alpha value is -1.80. The van der Waals surface area contributed by atoms with Crippen molar-refractivity contribution >= 4 is 0 Å². The second kappa shape index (κ2) is 5.02. The van der Waals surface area contributed by atoms with Crippen molar-refractivity contribution in [2.24, 2.45) is 0 Å². The van der Waals surface area contributed by atoms with Crippen LogP contribution in [0.4, 0.5) is 0 Å². The summed E-state index contributed by atoms with van der Waals surface area (Å²) in [7, 11) is 0. The summed E-state index contributed by atoms with van der Waals surface area (Å²) in [5.41, 5.74) is 1.88. The maximum absolute atomic E-state index is 9.67. The number of aryl methyl sites for hydroxylation is 1. The Balaban J connectivity index is 2.34. The molecule has 88 valence electrons. The van der Waals surface area contributed by atoms with Crippen molar-refractivity contribution in [3.05, 3.63) is 59.7 Å². The lowest BCUT2D eigenvalue weighted by Crippen LogP contribution is -1.96. The molecule has 0 radical (unpaired) electrons. The molecule has 2 heteroatoms. The summed E-state index contributed by atoms with van der Waals surface area (Å²) >= 11 is 0. The molecule has 0 amide bonds. The number of hydrogen-bond donors (Lipinski definition) is 1. The summed E-state index contributed by atoms with van der Waals surface area (Å²) in [6, 6.07) is 15.4. The van der Waals surface area contributed by atoms with Crippen LogP contribution in [-0.2, 0) is 0 Å². The smallest absolute Gasteiger partial charge is 0.133 e. The van der Waals surface area contributed by atoms with Crippen LogP contribution in [0.1, 0.15) is 24.2 Å². The first-order valence-corrected chi connectivity index (χ1v) is 5.69. The molecule has 2 nitrogen and oxygen atoms in total. The summed E-state index contributed by atoms with van der Waals surface area (Å²) in [6.45, 7) is 3.74. The van der Waals surface area contributed by atoms with Crippen molar-refractivity contribution in [2.45, 2.75) is 20.0 Å². The van der Waals surface area contributed by atoms with Gasteiger partial charge in [0.2, 0.25) is 0 Å². The monoisotopic (exact) mass is 228 g/mol. The second-order valence-electron chi connectivity index (χ2n) is 4.08. The number of aliphatic hydroxyl groups is 1. The van der Waals surface area contributed by atoms with Gasteiger partial charge in [0, 0.05) is 5.56 Å². The molecule has 0 spiro atoms. The molecule has 0 unspecified atom stereocenters. The zero-order valence-corrected chi connectivity index (χ0v) is 10.1. The molecular weight excluding hydrogens is 212 g/mol. The Morgan fingerprint density at radius 2 is 1.53 bits per heavy atom. The van der Waals surface area contributed by atoms with E-state index >= 15 is 0 Å². The molecule has 1 atom stereocenters. The summed E-state index contributed by atoms with van der Waals surface area (Å²) in [4.78, 5) is 0. The third-order valence-corrected chi connectivity index (χ3v) is 2.68. The minimum atomic E-state index is -0.532. The largest absolute Gasteiger partial charge is 0.457 e. The average molecular weight is 228 g/mol. The van der Waals surface area contributed by atoms with E-state index in [1.165, 1.54) is 0 Å². The number of hydrogen-bond acceptors (Lipinski definition) is 2. The van der Waals surface area contributed by atoms with Crippen LogP contribution in [0.2, 0.25) is 0 Å². The molecule has 2 aromatic carbocycles. The normalized spacial score (nSPS) is 12.2. The van der Waals surface area contributed by atoms with Gasteiger partial charge in [-0.3, -0.25) is 0 Å². The first-order valence-electron chi connectivity index (χ1n) is 5.69. The van der Waals surface area contributed by atoms with Gasteiger partial charge in [0.25, 0.3) is 0 Å². The molecule has 1 N–H and O–H groups in total. The van der Waals surface area contributed by atoms with Gasteiger partial charge in [0.05, 0.1) is 6.10 Å². The van der Waals surface area contributed by atoms with Gasteiger partial charge in [-0.2, -0.15) is 0 Å². The topological polar surface area (TPSA) is 29.5 Å². The molecule has 0 fully saturated rings. The van der Waals surface area contributed by atoms with Crippen LogP contribution in [0.15, 0.2) is 48.5 Å². The Labute approximate surface area is 101 Å². The lowest BCUT2D eigenvalue weighted by molar-refractivity contribution is 0.195. The van der Waals surface area contributed by atoms with Gasteiger partial charge >= 0.3 is 0 Å². The van der Waals surface area contributed by atoms with Crippen molar-refractivity contribution in [2.75, 3.05) is 0 Å². The molecule has 2 rings (SSSR count). The Kier molecular flexibility index (Phi) is 3.45. The number of benzene rings is 2. The molecule has 0 heterocycles. The molecule has 0 aliphatic carbocycles. The number of aliphatic hydroxyl groups excluding tert-OH is 1. The van der Waals surface area contributed by atoms with E-state index in [9.17, 15) is 5.11 Å². The highest BCUT2D eigenvalue weighted by molar-refractivity contribution is 5.41. The van der Waals surface area contributed by atoms with Crippen LogP contribution in [0.25, 0.3) is 0 Å². The predicted octanol–water partition coefficient (Wildman–Crippen LogP) is 3.84. The minimum absolute atomic E-state index is 0.532. The quantitative estimate of drug-likeness (QED) is 0.864. The van der Waals surface area contributed by atoms with Crippen molar-refractivity contribution in [3.8, 4) is 11.5 Å². The molecule has 0 aromatic heterocycles. The van der Waals surface area contributed by atoms with E-state index < -0.39 is 6.10 Å². The van der Waals surface area contributed by atoms with Crippen molar-refractivity contribution in [1.82, 2.24) is 0 Å². The number of rotatable bonds is 3. The van der Waals surface area contributed by atoms with Crippen LogP contribution in [-0.4, -0.2) is 5.11 Å². The van der Waals surface area contributed by atoms with Gasteiger partial charge in [0.1, 0.15) is 11.5 Å². The first kappa shape index (κ1) is 11.7. The van der Waals surface area contributed by atoms with E-state index in [4.69, 9.17) is 4.74 Å². The van der Waals surface area contributed by atoms with E-state index in [-0.39, 0.29) is 0 Å². The van der Waals surface area contributed by atoms with Crippen molar-refractivity contribution in [3.63, 3.8) is 0 Å². The standard InChI is InChI=1S/C15H16O2/c1-11-7-3-5-9-14(11)17-15-10-6-4-8-13(15)12(2)16/h3-10,12,16H,1-2H3/t12-/m1/s1. The van der Waals surface area contributed by atoms with Crippen LogP contribution in [0.3, 0.4) is 0 Å². The SMILES string of the molecule is Cc1ccccc1Oc1ccccc1[C@@H](C)O. The molecule has 2 aromatic rings. The maximum Gasteiger partial charge on any atom is 0.133 e. The highest BCUT2D eigenvalue weighted by atomic mass is 16.5. The van der Waals surface area contributed by atoms with Gasteiger partial charge in [-0.05, 0) is 31.5 Å². The molecule has 0 aliphatic heterocycles. The van der Waals surface area contributed by atoms with E-state index in [2.05, 4.69) is 0 Å². The number of ether oxygens (including phenoxy) is 1. The minimum Gasteiger partial charge on any atom is -0.457 e. The van der Waals surface area contributed by atoms with Gasteiger partial charge in [-0.25, -0.2) is 0 Å². The highest BCUT2D eigenvalue weighted by Crippen LogP contribution is 2.30. The first-order chi connectivity index (χ1) is 8.18. The van der Waals surface area contributed by atoms with Gasteiger partial charge in [-0.1, -0.05) is 36.4 Å². The van der Waals surface area contributed by atoms with Crippen molar-refractivity contribution < 1.29 is 9.84 Å². The zero-order valence-electron chi connectivity index (χ0n) is 10.1. The molecule has 0 bridgehead atoms. The van der Waals surface area contributed by atoms with E-state index in [0.29, 0.717) is 5.75 Å². The van der Waals surface area contributed by atoms with Gasteiger partial charge in [-0.15, -0.1) is 0 Å². The fourth-order valence-electron chi connectivity index (χ4n) is 1.71. The van der Waals surface area contributed by atoms with E-state index in [0.717, 1.165) is 16.9 Å². The number of para-hydroxylation sites is 2. The molecule has 17 heavy (non-hydrogen) atoms. The zero-order chi connectivity index (χ0) is 12.3. The Bertz CT molecular complexity index is 504. The molecule has 0 saturated heterocycles. The van der Waals surface area contributed by atoms with Crippen molar-refractivity contribution in [1.29, 1.82) is 0 Å². The van der Waals surface area contributed by atoms with Crippen LogP contribution in [0, 0.1) is 6.92 Å². The lowest BCUT2D eigenvalue weighted by atomic mass is 10.1. The Morgan fingerprint density at radius 3 is 2.18 bits per heavy atom. The Morgan fingerprint density at radius 1 is 0.941 bits per heavy atom. The fraction of sp³-hybridized carbons (Fsp3) is 0.200. The fourth-order valence-corrected chi connectivity index (χ4v) is 1.71. The summed E-state index contributed by atoms with van der Waals surface area (Å²) in [5.74, 6) is 1.53. The van der Waals surface area contributed by atoms with Gasteiger partial charge < -0.3 is 9.84 Å². The second-order valence-corrected chi connectivity index (χ2v) is 4.08. The van der Waals surface area contributed by atoms with Gasteiger partial charge in [0.15, 0.2) is 0 Å². The molecule has 0 saturated carbocycles. The predicted molar refractivity (Wildman–Crippen MR) is 68.3 cm³/mol. The molecular formula is C15H16O2. The summed E-state index contributed by atoms with van der Waals surface area (Å²) in [5, 5.41) is 9.67. The molecule has 0 aliphatic rings. The van der Waals surface area contributed by atoms with Crippen LogP contribution in [0.5, 0.6) is 11.5 Å². The van der Waals surface area contributed by atoms with E-state index in [1.54, 1.807) is 6.92 Å². The summed E-state index contributed by atoms with van der Waals surface area (Å²) < 4.78 is 5.84. The highest BCUT2D eigenvalue weighted by Gasteiger charge is 2.09. The lowest BCUT2D eigenvalue weighted by Gasteiger charge is -2.14. The third-order valence-electron chi connectivity index (χ3n) is 2.68. The average Bonchev–Trinajstić information content (AvgIpc) is 2.32. The van der Waals surface area contributed by atoms with Crippen LogP contribution >= 0.6 is 0 Å². The summed E-state index contributed by atoms with van der Waals surface area (Å²) in [6.07, 6.45) is -0.532.